The predicted octanol–water partition coefficient (Wildman–Crippen LogP) is 2.43. The predicted molar refractivity (Wildman–Crippen MR) is 90.8 cm³/mol. The normalized spacial score (nSPS) is 11.6. The van der Waals surface area contributed by atoms with Crippen LogP contribution in [0.25, 0.3) is 0 Å². The highest BCUT2D eigenvalue weighted by Gasteiger charge is 2.06. The van der Waals surface area contributed by atoms with Crippen molar-refractivity contribution in [3.05, 3.63) is 53.6 Å². The summed E-state index contributed by atoms with van der Waals surface area (Å²) in [6, 6.07) is 6.55. The topological polar surface area (TPSA) is 45.5 Å². The Labute approximate surface area is 136 Å². The van der Waals surface area contributed by atoms with Gasteiger partial charge < -0.3 is 10.2 Å². The Balaban J connectivity index is 1.95. The molecular weight excluding hydrogens is 293 g/mol. The third-order valence-electron chi connectivity index (χ3n) is 3.38. The van der Waals surface area contributed by atoms with Gasteiger partial charge in [-0.25, -0.2) is 4.39 Å². The number of nitrogens with one attached hydrogen (secondary N) is 1. The maximum absolute atomic E-state index is 13.0. The minimum absolute atomic E-state index is 0.216. The van der Waals surface area contributed by atoms with Crippen LogP contribution in [0.5, 0.6) is 0 Å². The van der Waals surface area contributed by atoms with Gasteiger partial charge in [0.25, 0.3) is 0 Å². The molecule has 0 spiro atoms. The number of hydrogen-bond acceptors (Lipinski definition) is 2. The zero-order chi connectivity index (χ0) is 16.7. The van der Waals surface area contributed by atoms with Crippen molar-refractivity contribution in [2.75, 3.05) is 20.1 Å². The highest BCUT2D eigenvalue weighted by atomic mass is 19.1. The van der Waals surface area contributed by atoms with Crippen molar-refractivity contribution < 1.29 is 4.39 Å². The van der Waals surface area contributed by atoms with E-state index in [2.05, 4.69) is 15.4 Å². The van der Waals surface area contributed by atoms with Gasteiger partial charge in [0.1, 0.15) is 5.82 Å². The molecule has 0 amide bonds. The van der Waals surface area contributed by atoms with Gasteiger partial charge >= 0.3 is 0 Å². The first-order valence-electron chi connectivity index (χ1n) is 7.81. The molecule has 1 N–H and O–H groups in total. The lowest BCUT2D eigenvalue weighted by molar-refractivity contribution is 0.474. The number of hydrogen-bond donors (Lipinski definition) is 1. The van der Waals surface area contributed by atoms with E-state index in [1.165, 1.54) is 12.1 Å². The third kappa shape index (κ3) is 5.39. The molecule has 0 saturated heterocycles. The fourth-order valence-corrected chi connectivity index (χ4v) is 2.26. The molecule has 6 heteroatoms. The third-order valence-corrected chi connectivity index (χ3v) is 3.38. The molecule has 0 atom stereocenters. The molecule has 0 bridgehead atoms. The van der Waals surface area contributed by atoms with Crippen LogP contribution in [0.15, 0.2) is 41.7 Å². The van der Waals surface area contributed by atoms with Gasteiger partial charge in [-0.3, -0.25) is 9.67 Å². The Hall–Kier alpha value is -2.37. The van der Waals surface area contributed by atoms with E-state index in [0.717, 1.165) is 30.2 Å². The Morgan fingerprint density at radius 2 is 2.09 bits per heavy atom. The van der Waals surface area contributed by atoms with Crippen molar-refractivity contribution in [1.82, 2.24) is 20.0 Å². The molecule has 2 rings (SSSR count). The monoisotopic (exact) mass is 317 g/mol. The maximum atomic E-state index is 13.0. The van der Waals surface area contributed by atoms with Crippen LogP contribution in [-0.4, -0.2) is 40.8 Å². The van der Waals surface area contributed by atoms with E-state index in [9.17, 15) is 4.39 Å². The Bertz CT molecular complexity index is 633. The van der Waals surface area contributed by atoms with Crippen molar-refractivity contribution in [3.63, 3.8) is 0 Å². The first-order chi connectivity index (χ1) is 11.1. The number of benzene rings is 1. The SMILES string of the molecule is CCNC(=NCCn1cc(C)cn1)N(C)Cc1ccc(F)cc1. The number of nitrogens with zero attached hydrogens (tertiary/aromatic N) is 4. The van der Waals surface area contributed by atoms with E-state index in [1.807, 2.05) is 42.9 Å². The molecule has 1 aromatic heterocycles. The molecule has 0 fully saturated rings. The molecule has 2 aromatic rings. The largest absolute Gasteiger partial charge is 0.357 e. The van der Waals surface area contributed by atoms with Crippen LogP contribution in [0.2, 0.25) is 0 Å². The highest BCUT2D eigenvalue weighted by Crippen LogP contribution is 2.06. The van der Waals surface area contributed by atoms with Crippen LogP contribution in [0.3, 0.4) is 0 Å². The minimum atomic E-state index is -0.216. The van der Waals surface area contributed by atoms with Gasteiger partial charge in [0.2, 0.25) is 0 Å². The smallest absolute Gasteiger partial charge is 0.194 e. The quantitative estimate of drug-likeness (QED) is 0.657. The molecule has 23 heavy (non-hydrogen) atoms. The molecule has 0 unspecified atom stereocenters. The molecule has 5 nitrogen and oxygen atoms in total. The van der Waals surface area contributed by atoms with E-state index in [-0.39, 0.29) is 5.82 Å². The second-order valence-electron chi connectivity index (χ2n) is 5.50. The molecular formula is C17H24FN5. The molecule has 0 radical (unpaired) electrons. The number of halogens is 1. The number of aryl methyl sites for hydroxylation is 1. The fraction of sp³-hybridized carbons (Fsp3) is 0.412. The summed E-state index contributed by atoms with van der Waals surface area (Å²) in [5.41, 5.74) is 2.19. The van der Waals surface area contributed by atoms with E-state index >= 15 is 0 Å². The summed E-state index contributed by atoms with van der Waals surface area (Å²) in [7, 11) is 1.98. The van der Waals surface area contributed by atoms with Crippen LogP contribution >= 0.6 is 0 Å². The van der Waals surface area contributed by atoms with Gasteiger partial charge in [-0.2, -0.15) is 5.10 Å². The molecule has 0 aliphatic rings. The van der Waals surface area contributed by atoms with Crippen LogP contribution < -0.4 is 5.32 Å². The van der Waals surface area contributed by atoms with Crippen molar-refractivity contribution in [2.45, 2.75) is 26.9 Å². The lowest BCUT2D eigenvalue weighted by Gasteiger charge is -2.22. The second kappa shape index (κ2) is 8.31. The van der Waals surface area contributed by atoms with Gasteiger partial charge in [-0.1, -0.05) is 12.1 Å². The fourth-order valence-electron chi connectivity index (χ4n) is 2.26. The number of guanidine groups is 1. The summed E-state index contributed by atoms with van der Waals surface area (Å²) in [6.45, 7) is 6.93. The van der Waals surface area contributed by atoms with Gasteiger partial charge in [-0.15, -0.1) is 0 Å². The van der Waals surface area contributed by atoms with Crippen LogP contribution in [0.4, 0.5) is 4.39 Å². The average molecular weight is 317 g/mol. The summed E-state index contributed by atoms with van der Waals surface area (Å²) >= 11 is 0. The molecule has 1 aromatic carbocycles. The van der Waals surface area contributed by atoms with E-state index in [4.69, 9.17) is 0 Å². The molecule has 0 saturated carbocycles. The minimum Gasteiger partial charge on any atom is -0.357 e. The number of rotatable bonds is 6. The Kier molecular flexibility index (Phi) is 6.14. The van der Waals surface area contributed by atoms with Gasteiger partial charge in [-0.05, 0) is 37.1 Å². The lowest BCUT2D eigenvalue weighted by atomic mass is 10.2. The average Bonchev–Trinajstić information content (AvgIpc) is 2.94. The van der Waals surface area contributed by atoms with E-state index < -0.39 is 0 Å². The lowest BCUT2D eigenvalue weighted by Crippen LogP contribution is -2.38. The van der Waals surface area contributed by atoms with Crippen LogP contribution in [0, 0.1) is 12.7 Å². The number of aliphatic imine (C=N–C) groups is 1. The maximum Gasteiger partial charge on any atom is 0.194 e. The molecule has 0 aliphatic carbocycles. The molecule has 124 valence electrons. The van der Waals surface area contributed by atoms with Gasteiger partial charge in [0.05, 0.1) is 19.3 Å². The van der Waals surface area contributed by atoms with Crippen molar-refractivity contribution >= 4 is 5.96 Å². The molecule has 1 heterocycles. The highest BCUT2D eigenvalue weighted by molar-refractivity contribution is 5.79. The summed E-state index contributed by atoms with van der Waals surface area (Å²) in [5.74, 6) is 0.618. The molecule has 0 aliphatic heterocycles. The Morgan fingerprint density at radius 3 is 2.70 bits per heavy atom. The van der Waals surface area contributed by atoms with Crippen LogP contribution in [0.1, 0.15) is 18.1 Å². The standard InChI is InChI=1S/C17H24FN5/c1-4-19-17(20-9-10-23-12-14(2)11-21-23)22(3)13-15-5-7-16(18)8-6-15/h5-8,11-12H,4,9-10,13H2,1-3H3,(H,19,20). The first kappa shape index (κ1) is 17.0. The summed E-state index contributed by atoms with van der Waals surface area (Å²) < 4.78 is 14.9. The van der Waals surface area contributed by atoms with E-state index in [1.54, 1.807) is 12.1 Å². The second-order valence-corrected chi connectivity index (χ2v) is 5.50. The summed E-state index contributed by atoms with van der Waals surface area (Å²) in [6.07, 6.45) is 3.85. The van der Waals surface area contributed by atoms with Crippen molar-refractivity contribution in [2.24, 2.45) is 4.99 Å². The zero-order valence-corrected chi connectivity index (χ0v) is 14.0. The van der Waals surface area contributed by atoms with Crippen LogP contribution in [-0.2, 0) is 13.1 Å². The van der Waals surface area contributed by atoms with Gasteiger partial charge in [0.15, 0.2) is 5.96 Å². The zero-order valence-electron chi connectivity index (χ0n) is 14.0. The first-order valence-corrected chi connectivity index (χ1v) is 7.81. The van der Waals surface area contributed by atoms with Crippen molar-refractivity contribution in [1.29, 1.82) is 0 Å². The van der Waals surface area contributed by atoms with Crippen molar-refractivity contribution in [3.8, 4) is 0 Å². The number of aromatic nitrogens is 2. The van der Waals surface area contributed by atoms with Gasteiger partial charge in [0, 0.05) is 26.3 Å². The Morgan fingerprint density at radius 1 is 1.35 bits per heavy atom. The summed E-state index contributed by atoms with van der Waals surface area (Å²) in [4.78, 5) is 6.66. The van der Waals surface area contributed by atoms with E-state index in [0.29, 0.717) is 13.1 Å². The summed E-state index contributed by atoms with van der Waals surface area (Å²) in [5, 5.41) is 7.54.